The first-order valence-electron chi connectivity index (χ1n) is 7.71. The molecule has 3 heteroatoms. The Morgan fingerprint density at radius 2 is 1.91 bits per heavy atom. The van der Waals surface area contributed by atoms with Crippen LogP contribution in [0.4, 0.5) is 0 Å². The van der Waals surface area contributed by atoms with E-state index in [1.54, 1.807) is 0 Å². The summed E-state index contributed by atoms with van der Waals surface area (Å²) in [5.41, 5.74) is 3.65. The summed E-state index contributed by atoms with van der Waals surface area (Å²) in [5.74, 6) is 0.913. The molecule has 114 valence electrons. The van der Waals surface area contributed by atoms with Gasteiger partial charge in [0.25, 0.3) is 0 Å². The first kappa shape index (κ1) is 14.7. The van der Waals surface area contributed by atoms with Crippen LogP contribution in [0.1, 0.15) is 18.1 Å². The Kier molecular flexibility index (Phi) is 4.45. The number of nitrogens with zero attached hydrogens (tertiary/aromatic N) is 1. The molecule has 0 aliphatic carbocycles. The van der Waals surface area contributed by atoms with Gasteiger partial charge < -0.3 is 14.6 Å². The minimum absolute atomic E-state index is 0.598. The van der Waals surface area contributed by atoms with Crippen LogP contribution in [-0.4, -0.2) is 23.5 Å². The van der Waals surface area contributed by atoms with E-state index in [0.29, 0.717) is 6.61 Å². The SMILES string of the molecule is CCN(C)Cc1c[nH]c2ccc(OCc3ccccc3)cc12. The molecular weight excluding hydrogens is 272 g/mol. The maximum Gasteiger partial charge on any atom is 0.120 e. The average Bonchev–Trinajstić information content (AvgIpc) is 2.96. The molecule has 1 heterocycles. The molecule has 0 bridgehead atoms. The van der Waals surface area contributed by atoms with E-state index in [4.69, 9.17) is 4.74 Å². The summed E-state index contributed by atoms with van der Waals surface area (Å²) in [6, 6.07) is 16.5. The van der Waals surface area contributed by atoms with Gasteiger partial charge in [0.05, 0.1) is 0 Å². The lowest BCUT2D eigenvalue weighted by Gasteiger charge is -2.13. The van der Waals surface area contributed by atoms with Crippen LogP contribution in [0.2, 0.25) is 0 Å². The zero-order valence-corrected chi connectivity index (χ0v) is 13.2. The Balaban J connectivity index is 1.78. The first-order valence-corrected chi connectivity index (χ1v) is 7.71. The number of nitrogens with one attached hydrogen (secondary N) is 1. The number of hydrogen-bond donors (Lipinski definition) is 1. The molecule has 3 aromatic rings. The van der Waals surface area contributed by atoms with E-state index in [1.807, 2.05) is 24.3 Å². The molecule has 3 nitrogen and oxygen atoms in total. The Bertz CT molecular complexity index is 734. The number of H-pyrrole nitrogens is 1. The number of rotatable bonds is 6. The molecule has 0 atom stereocenters. The number of benzene rings is 2. The van der Waals surface area contributed by atoms with Crippen molar-refractivity contribution in [1.29, 1.82) is 0 Å². The van der Waals surface area contributed by atoms with Crippen molar-refractivity contribution in [3.63, 3.8) is 0 Å². The summed E-state index contributed by atoms with van der Waals surface area (Å²) in [4.78, 5) is 5.63. The lowest BCUT2D eigenvalue weighted by atomic mass is 10.1. The van der Waals surface area contributed by atoms with Gasteiger partial charge in [-0.25, -0.2) is 0 Å². The second-order valence-corrected chi connectivity index (χ2v) is 5.63. The maximum absolute atomic E-state index is 5.93. The summed E-state index contributed by atoms with van der Waals surface area (Å²) in [6.07, 6.45) is 2.10. The molecule has 0 aliphatic heterocycles. The number of fused-ring (bicyclic) bond motifs is 1. The normalized spacial score (nSPS) is 11.2. The van der Waals surface area contributed by atoms with E-state index in [0.717, 1.165) is 24.4 Å². The number of hydrogen-bond acceptors (Lipinski definition) is 2. The lowest BCUT2D eigenvalue weighted by Crippen LogP contribution is -2.16. The lowest BCUT2D eigenvalue weighted by molar-refractivity contribution is 0.306. The van der Waals surface area contributed by atoms with Gasteiger partial charge in [0.1, 0.15) is 12.4 Å². The largest absolute Gasteiger partial charge is 0.489 e. The van der Waals surface area contributed by atoms with E-state index in [2.05, 4.69) is 54.3 Å². The highest BCUT2D eigenvalue weighted by Crippen LogP contribution is 2.25. The minimum Gasteiger partial charge on any atom is -0.489 e. The molecule has 3 rings (SSSR count). The predicted octanol–water partition coefficient (Wildman–Crippen LogP) is 4.20. The van der Waals surface area contributed by atoms with Crippen molar-refractivity contribution in [3.05, 3.63) is 65.9 Å². The van der Waals surface area contributed by atoms with Crippen LogP contribution in [0.3, 0.4) is 0 Å². The third kappa shape index (κ3) is 3.31. The highest BCUT2D eigenvalue weighted by Gasteiger charge is 2.07. The van der Waals surface area contributed by atoms with Crippen molar-refractivity contribution in [2.24, 2.45) is 0 Å². The number of ether oxygens (including phenoxy) is 1. The maximum atomic E-state index is 5.93. The van der Waals surface area contributed by atoms with Crippen molar-refractivity contribution >= 4 is 10.9 Å². The Morgan fingerprint density at radius 1 is 1.09 bits per heavy atom. The predicted molar refractivity (Wildman–Crippen MR) is 91.1 cm³/mol. The standard InChI is InChI=1S/C19H22N2O/c1-3-21(2)13-16-12-20-19-10-9-17(11-18(16)19)22-14-15-7-5-4-6-8-15/h4-12,20H,3,13-14H2,1-2H3. The molecule has 0 fully saturated rings. The minimum atomic E-state index is 0.598. The van der Waals surface area contributed by atoms with Crippen molar-refractivity contribution in [2.45, 2.75) is 20.1 Å². The van der Waals surface area contributed by atoms with Crippen molar-refractivity contribution in [3.8, 4) is 5.75 Å². The van der Waals surface area contributed by atoms with Gasteiger partial charge in [-0.15, -0.1) is 0 Å². The molecular formula is C19H22N2O. The Morgan fingerprint density at radius 3 is 2.68 bits per heavy atom. The summed E-state index contributed by atoms with van der Waals surface area (Å²) in [7, 11) is 2.13. The molecule has 0 radical (unpaired) electrons. The third-order valence-corrected chi connectivity index (χ3v) is 3.97. The average molecular weight is 294 g/mol. The molecule has 0 aliphatic rings. The van der Waals surface area contributed by atoms with Crippen LogP contribution in [-0.2, 0) is 13.2 Å². The monoisotopic (exact) mass is 294 g/mol. The van der Waals surface area contributed by atoms with Gasteiger partial charge in [-0.2, -0.15) is 0 Å². The number of aromatic nitrogens is 1. The molecule has 0 amide bonds. The fraction of sp³-hybridized carbons (Fsp3) is 0.263. The third-order valence-electron chi connectivity index (χ3n) is 3.97. The van der Waals surface area contributed by atoms with Crippen LogP contribution in [0.5, 0.6) is 5.75 Å². The van der Waals surface area contributed by atoms with Gasteiger partial charge in [-0.1, -0.05) is 37.3 Å². The molecule has 0 unspecified atom stereocenters. The fourth-order valence-corrected chi connectivity index (χ4v) is 2.52. The van der Waals surface area contributed by atoms with Gasteiger partial charge in [0.15, 0.2) is 0 Å². The van der Waals surface area contributed by atoms with E-state index in [-0.39, 0.29) is 0 Å². The molecule has 1 aromatic heterocycles. The number of aromatic amines is 1. The van der Waals surface area contributed by atoms with Gasteiger partial charge in [-0.05, 0) is 42.9 Å². The van der Waals surface area contributed by atoms with E-state index in [1.165, 1.54) is 16.5 Å². The molecule has 0 saturated heterocycles. The molecule has 1 N–H and O–H groups in total. The zero-order valence-electron chi connectivity index (χ0n) is 13.2. The van der Waals surface area contributed by atoms with Crippen molar-refractivity contribution < 1.29 is 4.74 Å². The molecule has 22 heavy (non-hydrogen) atoms. The highest BCUT2D eigenvalue weighted by molar-refractivity contribution is 5.84. The second kappa shape index (κ2) is 6.67. The second-order valence-electron chi connectivity index (χ2n) is 5.63. The summed E-state index contributed by atoms with van der Waals surface area (Å²) in [5, 5.41) is 1.24. The van der Waals surface area contributed by atoms with Gasteiger partial charge in [0.2, 0.25) is 0 Å². The van der Waals surface area contributed by atoms with Crippen LogP contribution in [0.15, 0.2) is 54.7 Å². The highest BCUT2D eigenvalue weighted by atomic mass is 16.5. The van der Waals surface area contributed by atoms with Gasteiger partial charge in [-0.3, -0.25) is 0 Å². The van der Waals surface area contributed by atoms with Gasteiger partial charge >= 0.3 is 0 Å². The Labute approximate surface area is 131 Å². The fourth-order valence-electron chi connectivity index (χ4n) is 2.52. The van der Waals surface area contributed by atoms with Crippen LogP contribution in [0.25, 0.3) is 10.9 Å². The quantitative estimate of drug-likeness (QED) is 0.738. The topological polar surface area (TPSA) is 28.3 Å². The first-order chi connectivity index (χ1) is 10.8. The van der Waals surface area contributed by atoms with Crippen LogP contribution >= 0.6 is 0 Å². The van der Waals surface area contributed by atoms with Crippen molar-refractivity contribution in [1.82, 2.24) is 9.88 Å². The summed E-state index contributed by atoms with van der Waals surface area (Å²) in [6.45, 7) is 4.75. The van der Waals surface area contributed by atoms with Crippen LogP contribution in [0, 0.1) is 0 Å². The van der Waals surface area contributed by atoms with Crippen molar-refractivity contribution in [2.75, 3.05) is 13.6 Å². The van der Waals surface area contributed by atoms with Gasteiger partial charge in [0, 0.05) is 23.6 Å². The molecule has 2 aromatic carbocycles. The summed E-state index contributed by atoms with van der Waals surface area (Å²) >= 11 is 0. The van der Waals surface area contributed by atoms with Crippen LogP contribution < -0.4 is 4.74 Å². The smallest absolute Gasteiger partial charge is 0.120 e. The molecule has 0 saturated carbocycles. The van der Waals surface area contributed by atoms with E-state index in [9.17, 15) is 0 Å². The molecule has 0 spiro atoms. The summed E-state index contributed by atoms with van der Waals surface area (Å²) < 4.78 is 5.93. The Hall–Kier alpha value is -2.26. The zero-order chi connectivity index (χ0) is 15.4. The van der Waals surface area contributed by atoms with E-state index < -0.39 is 0 Å². The van der Waals surface area contributed by atoms with E-state index >= 15 is 0 Å².